The molecular formula is C20H15ClF2N8. The Bertz CT molecular complexity index is 1300. The number of nitrogen functional groups attached to an aromatic ring is 1. The first-order chi connectivity index (χ1) is 14.9. The first kappa shape index (κ1) is 20.4. The van der Waals surface area contributed by atoms with Gasteiger partial charge in [-0.1, -0.05) is 41.9 Å². The minimum atomic E-state index is -2.84. The first-order valence-electron chi connectivity index (χ1n) is 9.10. The molecule has 0 radical (unpaired) electrons. The van der Waals surface area contributed by atoms with Crippen molar-refractivity contribution in [1.82, 2.24) is 24.6 Å². The third-order valence-corrected chi connectivity index (χ3v) is 5.03. The van der Waals surface area contributed by atoms with Gasteiger partial charge in [-0.25, -0.2) is 28.2 Å². The van der Waals surface area contributed by atoms with E-state index in [2.05, 4.69) is 25.4 Å². The van der Waals surface area contributed by atoms with E-state index in [1.807, 2.05) is 43.3 Å². The van der Waals surface area contributed by atoms with Gasteiger partial charge in [0.15, 0.2) is 5.65 Å². The van der Waals surface area contributed by atoms with Crippen LogP contribution in [0.25, 0.3) is 16.9 Å². The Hall–Kier alpha value is -3.84. The second-order valence-electron chi connectivity index (χ2n) is 6.64. The fourth-order valence-electron chi connectivity index (χ4n) is 3.16. The predicted octanol–water partition coefficient (Wildman–Crippen LogP) is 4.40. The fraction of sp³-hybridized carbons (Fsp3) is 0.150. The maximum atomic E-state index is 13.3. The number of benzene rings is 1. The Morgan fingerprint density at radius 3 is 2.65 bits per heavy atom. The predicted molar refractivity (Wildman–Crippen MR) is 112 cm³/mol. The van der Waals surface area contributed by atoms with Gasteiger partial charge in [0, 0.05) is 17.3 Å². The van der Waals surface area contributed by atoms with Gasteiger partial charge in [-0.3, -0.25) is 0 Å². The molecular weight excluding hydrogens is 426 g/mol. The van der Waals surface area contributed by atoms with Gasteiger partial charge in [-0.15, -0.1) is 0 Å². The summed E-state index contributed by atoms with van der Waals surface area (Å²) in [6.07, 6.45) is -0.0144. The van der Waals surface area contributed by atoms with Crippen molar-refractivity contribution in [2.24, 2.45) is 0 Å². The van der Waals surface area contributed by atoms with Crippen LogP contribution in [0.1, 0.15) is 36.2 Å². The third kappa shape index (κ3) is 3.71. The molecule has 0 aliphatic carbocycles. The molecule has 3 heterocycles. The van der Waals surface area contributed by atoms with Gasteiger partial charge in [0.2, 0.25) is 0 Å². The third-order valence-electron chi connectivity index (χ3n) is 4.67. The minimum Gasteiger partial charge on any atom is -0.382 e. The van der Waals surface area contributed by atoms with E-state index < -0.39 is 18.2 Å². The summed E-state index contributed by atoms with van der Waals surface area (Å²) in [5, 5.41) is 16.2. The van der Waals surface area contributed by atoms with Crippen LogP contribution in [0.5, 0.6) is 0 Å². The standard InChI is InChI=1S/C20H15ClF2N8/c1-10(28-19-12(7-24)18(25)26-9-27-19)13-8-31-20(14(21)16(30-31)17(22)23)29-15(13)11-5-3-2-4-6-11/h2-6,8-10,17H,1H3,(H3,25,26,27,28)/t10-/m0/s1. The van der Waals surface area contributed by atoms with Gasteiger partial charge in [0.05, 0.1) is 11.7 Å². The maximum absolute atomic E-state index is 13.3. The van der Waals surface area contributed by atoms with Gasteiger partial charge in [-0.05, 0) is 6.92 Å². The normalized spacial score (nSPS) is 12.1. The molecule has 0 aliphatic rings. The van der Waals surface area contributed by atoms with Crippen molar-refractivity contribution in [2.45, 2.75) is 19.4 Å². The second-order valence-corrected chi connectivity index (χ2v) is 7.02. The second kappa shape index (κ2) is 8.12. The summed E-state index contributed by atoms with van der Waals surface area (Å²) < 4.78 is 27.8. The quantitative estimate of drug-likeness (QED) is 0.472. The molecule has 0 bridgehead atoms. The number of nitriles is 1. The Morgan fingerprint density at radius 2 is 1.97 bits per heavy atom. The number of halogens is 3. The number of hydrogen-bond donors (Lipinski definition) is 2. The Kier molecular flexibility index (Phi) is 5.35. The van der Waals surface area contributed by atoms with E-state index in [-0.39, 0.29) is 27.9 Å². The van der Waals surface area contributed by atoms with E-state index in [0.717, 1.165) is 5.56 Å². The highest BCUT2D eigenvalue weighted by Gasteiger charge is 2.24. The van der Waals surface area contributed by atoms with Gasteiger partial charge in [0.1, 0.15) is 40.3 Å². The van der Waals surface area contributed by atoms with E-state index in [0.29, 0.717) is 11.3 Å². The molecule has 0 unspecified atom stereocenters. The lowest BCUT2D eigenvalue weighted by molar-refractivity contribution is 0.146. The molecule has 0 aliphatic heterocycles. The number of nitrogens with two attached hydrogens (primary N) is 1. The zero-order chi connectivity index (χ0) is 22.1. The number of rotatable bonds is 5. The van der Waals surface area contributed by atoms with Crippen molar-refractivity contribution in [3.63, 3.8) is 0 Å². The fourth-order valence-corrected chi connectivity index (χ4v) is 3.41. The molecule has 8 nitrogen and oxygen atoms in total. The number of hydrogen-bond acceptors (Lipinski definition) is 7. The molecule has 31 heavy (non-hydrogen) atoms. The molecule has 3 aromatic heterocycles. The molecule has 0 saturated carbocycles. The van der Waals surface area contributed by atoms with Crippen LogP contribution in [0.15, 0.2) is 42.9 Å². The first-order valence-corrected chi connectivity index (χ1v) is 9.47. The van der Waals surface area contributed by atoms with Crippen LogP contribution in [-0.2, 0) is 0 Å². The van der Waals surface area contributed by atoms with Crippen molar-refractivity contribution in [3.05, 3.63) is 64.7 Å². The Labute approximate surface area is 180 Å². The van der Waals surface area contributed by atoms with Crippen LogP contribution in [0, 0.1) is 11.3 Å². The van der Waals surface area contributed by atoms with Crippen molar-refractivity contribution in [2.75, 3.05) is 11.1 Å². The van der Waals surface area contributed by atoms with Crippen LogP contribution in [0.4, 0.5) is 20.4 Å². The molecule has 1 aromatic carbocycles. The highest BCUT2D eigenvalue weighted by Crippen LogP contribution is 2.34. The molecule has 156 valence electrons. The van der Waals surface area contributed by atoms with Crippen molar-refractivity contribution in [1.29, 1.82) is 5.26 Å². The topological polar surface area (TPSA) is 118 Å². The zero-order valence-corrected chi connectivity index (χ0v) is 16.8. The lowest BCUT2D eigenvalue weighted by Crippen LogP contribution is -2.14. The van der Waals surface area contributed by atoms with Crippen LogP contribution >= 0.6 is 11.6 Å². The molecule has 0 saturated heterocycles. The molecule has 0 amide bonds. The molecule has 4 rings (SSSR count). The van der Waals surface area contributed by atoms with Crippen molar-refractivity contribution < 1.29 is 8.78 Å². The largest absolute Gasteiger partial charge is 0.382 e. The monoisotopic (exact) mass is 440 g/mol. The van der Waals surface area contributed by atoms with E-state index in [9.17, 15) is 14.0 Å². The highest BCUT2D eigenvalue weighted by molar-refractivity contribution is 6.34. The lowest BCUT2D eigenvalue weighted by atomic mass is 10.0. The average molecular weight is 441 g/mol. The van der Waals surface area contributed by atoms with Crippen LogP contribution in [0.2, 0.25) is 5.02 Å². The van der Waals surface area contributed by atoms with Crippen LogP contribution in [-0.4, -0.2) is 24.6 Å². The smallest absolute Gasteiger partial charge is 0.283 e. The Balaban J connectivity index is 1.87. The molecule has 3 N–H and O–H groups in total. The van der Waals surface area contributed by atoms with Gasteiger partial charge < -0.3 is 11.1 Å². The van der Waals surface area contributed by atoms with E-state index in [4.69, 9.17) is 17.3 Å². The van der Waals surface area contributed by atoms with Crippen molar-refractivity contribution >= 4 is 28.9 Å². The molecule has 0 fully saturated rings. The van der Waals surface area contributed by atoms with Gasteiger partial charge in [-0.2, -0.15) is 10.4 Å². The summed E-state index contributed by atoms with van der Waals surface area (Å²) in [5.74, 6) is 0.290. The number of nitrogens with one attached hydrogen (secondary N) is 1. The zero-order valence-electron chi connectivity index (χ0n) is 16.1. The number of aromatic nitrogens is 5. The minimum absolute atomic E-state index is 0.0458. The lowest BCUT2D eigenvalue weighted by Gasteiger charge is -2.19. The number of fused-ring (bicyclic) bond motifs is 1. The van der Waals surface area contributed by atoms with Crippen molar-refractivity contribution in [3.8, 4) is 17.3 Å². The SMILES string of the molecule is C[C@H](Nc1ncnc(N)c1C#N)c1cn2nc(C(F)F)c(Cl)c2nc1-c1ccccc1. The molecule has 4 aromatic rings. The highest BCUT2D eigenvalue weighted by atomic mass is 35.5. The van der Waals surface area contributed by atoms with E-state index >= 15 is 0 Å². The summed E-state index contributed by atoms with van der Waals surface area (Å²) in [6, 6.07) is 10.7. The Morgan fingerprint density at radius 1 is 1.23 bits per heavy atom. The molecule has 11 heteroatoms. The van der Waals surface area contributed by atoms with Gasteiger partial charge >= 0.3 is 0 Å². The van der Waals surface area contributed by atoms with Gasteiger partial charge in [0.25, 0.3) is 6.43 Å². The molecule has 0 spiro atoms. The summed E-state index contributed by atoms with van der Waals surface area (Å²) in [6.45, 7) is 1.81. The number of alkyl halides is 2. The van der Waals surface area contributed by atoms with E-state index in [1.54, 1.807) is 6.20 Å². The van der Waals surface area contributed by atoms with E-state index in [1.165, 1.54) is 10.8 Å². The number of nitrogens with zero attached hydrogens (tertiary/aromatic N) is 6. The number of anilines is 2. The maximum Gasteiger partial charge on any atom is 0.283 e. The summed E-state index contributed by atoms with van der Waals surface area (Å²) in [5.41, 5.74) is 7.35. The molecule has 1 atom stereocenters. The van der Waals surface area contributed by atoms with Crippen LogP contribution in [0.3, 0.4) is 0 Å². The van der Waals surface area contributed by atoms with Crippen LogP contribution < -0.4 is 11.1 Å². The summed E-state index contributed by atoms with van der Waals surface area (Å²) in [4.78, 5) is 12.5. The summed E-state index contributed by atoms with van der Waals surface area (Å²) in [7, 11) is 0. The summed E-state index contributed by atoms with van der Waals surface area (Å²) >= 11 is 6.12. The average Bonchev–Trinajstić information content (AvgIpc) is 3.09.